The van der Waals surface area contributed by atoms with E-state index in [0.29, 0.717) is 11.5 Å². The first kappa shape index (κ1) is 26.9. The number of aliphatic hydroxyl groups excluding tert-OH is 1. The first-order chi connectivity index (χ1) is 16.4. The molecule has 0 bridgehead atoms. The van der Waals surface area contributed by atoms with E-state index in [2.05, 4.69) is 5.32 Å². The Labute approximate surface area is 205 Å². The van der Waals surface area contributed by atoms with Crippen molar-refractivity contribution in [2.45, 2.75) is 30.4 Å². The molecule has 1 amide bonds. The van der Waals surface area contributed by atoms with Crippen LogP contribution in [0.4, 0.5) is 0 Å². The molecule has 192 valence electrons. The van der Waals surface area contributed by atoms with Crippen LogP contribution in [0.2, 0.25) is 0 Å². The van der Waals surface area contributed by atoms with E-state index in [1.54, 1.807) is 0 Å². The minimum atomic E-state index is -3.99. The van der Waals surface area contributed by atoms with E-state index in [1.807, 2.05) is 30.3 Å². The number of amides is 1. The number of sulfone groups is 1. The van der Waals surface area contributed by atoms with Crippen LogP contribution in [0.3, 0.4) is 0 Å². The lowest BCUT2D eigenvalue weighted by molar-refractivity contribution is -0.125. The van der Waals surface area contributed by atoms with Gasteiger partial charge < -0.3 is 19.9 Å². The van der Waals surface area contributed by atoms with Crippen LogP contribution in [-0.4, -0.2) is 76.7 Å². The summed E-state index contributed by atoms with van der Waals surface area (Å²) in [6, 6.07) is 12.5. The summed E-state index contributed by atoms with van der Waals surface area (Å²) in [6.07, 6.45) is -0.0151. The Bertz CT molecular complexity index is 1250. The van der Waals surface area contributed by atoms with Crippen molar-refractivity contribution in [3.63, 3.8) is 0 Å². The molecule has 1 aliphatic heterocycles. The number of benzene rings is 2. The highest BCUT2D eigenvalue weighted by atomic mass is 32.2. The lowest BCUT2D eigenvalue weighted by atomic mass is 10.00. The number of likely N-dealkylation sites (N-methyl/N-ethyl adjacent to an activating group) is 1. The van der Waals surface area contributed by atoms with Crippen LogP contribution in [-0.2, 0) is 31.1 Å². The quantitative estimate of drug-likeness (QED) is 0.438. The number of hydrogen-bond acceptors (Lipinski definition) is 8. The van der Waals surface area contributed by atoms with E-state index < -0.39 is 43.8 Å². The molecule has 1 aliphatic rings. The highest BCUT2D eigenvalue weighted by Crippen LogP contribution is 2.34. The molecule has 0 aliphatic carbocycles. The predicted molar refractivity (Wildman–Crippen MR) is 129 cm³/mol. The Morgan fingerprint density at radius 2 is 1.74 bits per heavy atom. The van der Waals surface area contributed by atoms with Crippen LogP contribution in [0.5, 0.6) is 11.5 Å². The van der Waals surface area contributed by atoms with Crippen molar-refractivity contribution < 1.29 is 36.2 Å². The van der Waals surface area contributed by atoms with Gasteiger partial charge in [0.2, 0.25) is 22.7 Å². The van der Waals surface area contributed by atoms with Gasteiger partial charge in [0.15, 0.2) is 11.5 Å². The lowest BCUT2D eigenvalue weighted by Crippen LogP contribution is -2.51. The summed E-state index contributed by atoms with van der Waals surface area (Å²) in [6.45, 7) is 1.18. The summed E-state index contributed by atoms with van der Waals surface area (Å²) in [4.78, 5) is 12.7. The molecule has 2 aromatic carbocycles. The van der Waals surface area contributed by atoms with E-state index in [-0.39, 0.29) is 30.4 Å². The number of nitrogens with one attached hydrogen (secondary N) is 1. The number of nitrogens with zero attached hydrogens (tertiary/aromatic N) is 1. The summed E-state index contributed by atoms with van der Waals surface area (Å²) in [5, 5.41) is 13.7. The first-order valence-corrected chi connectivity index (χ1v) is 14.4. The van der Waals surface area contributed by atoms with Gasteiger partial charge in [-0.15, -0.1) is 0 Å². The van der Waals surface area contributed by atoms with Crippen molar-refractivity contribution in [2.24, 2.45) is 5.92 Å². The third-order valence-electron chi connectivity index (χ3n) is 5.59. The molecule has 0 aromatic heterocycles. The number of carbonyl (C=O) groups is 1. The van der Waals surface area contributed by atoms with Crippen molar-refractivity contribution >= 4 is 25.8 Å². The maximum Gasteiger partial charge on any atom is 0.243 e. The summed E-state index contributed by atoms with van der Waals surface area (Å²) in [5.41, 5.74) is 0.814. The Morgan fingerprint density at radius 3 is 2.40 bits per heavy atom. The zero-order valence-corrected chi connectivity index (χ0v) is 21.4. The molecule has 12 heteroatoms. The van der Waals surface area contributed by atoms with Gasteiger partial charge in [-0.2, -0.15) is 4.31 Å². The maximum atomic E-state index is 13.1. The number of hydrogen-bond donors (Lipinski definition) is 2. The molecule has 10 nitrogen and oxygen atoms in total. The molecular formula is C23H30N2O8S2. The fraction of sp³-hybridized carbons (Fsp3) is 0.435. The number of ether oxygens (including phenoxy) is 2. The van der Waals surface area contributed by atoms with Gasteiger partial charge in [-0.25, -0.2) is 16.8 Å². The van der Waals surface area contributed by atoms with E-state index in [4.69, 9.17) is 9.47 Å². The highest BCUT2D eigenvalue weighted by molar-refractivity contribution is 7.90. The van der Waals surface area contributed by atoms with Gasteiger partial charge in [-0.1, -0.05) is 37.3 Å². The lowest BCUT2D eigenvalue weighted by Gasteiger charge is -2.29. The van der Waals surface area contributed by atoms with Crippen LogP contribution < -0.4 is 14.8 Å². The molecule has 3 atom stereocenters. The average molecular weight is 527 g/mol. The largest absolute Gasteiger partial charge is 0.454 e. The number of aliphatic hydroxyl groups is 1. The number of sulfonamides is 1. The van der Waals surface area contributed by atoms with Gasteiger partial charge in [0.25, 0.3) is 0 Å². The molecule has 1 heterocycles. The summed E-state index contributed by atoms with van der Waals surface area (Å²) >= 11 is 0. The Balaban J connectivity index is 1.76. The van der Waals surface area contributed by atoms with Crippen molar-refractivity contribution in [3.05, 3.63) is 54.1 Å². The normalized spacial score (nSPS) is 16.0. The fourth-order valence-corrected chi connectivity index (χ4v) is 5.98. The first-order valence-electron chi connectivity index (χ1n) is 10.9. The molecule has 0 unspecified atom stereocenters. The smallest absolute Gasteiger partial charge is 0.243 e. The summed E-state index contributed by atoms with van der Waals surface area (Å²) in [5.74, 6) is -0.970. The van der Waals surface area contributed by atoms with Crippen molar-refractivity contribution in [1.82, 2.24) is 9.62 Å². The van der Waals surface area contributed by atoms with Crippen LogP contribution in [0.25, 0.3) is 0 Å². The van der Waals surface area contributed by atoms with Crippen molar-refractivity contribution in [1.29, 1.82) is 0 Å². The Hall–Kier alpha value is -2.67. The molecular weight excluding hydrogens is 496 g/mol. The number of fused-ring (bicyclic) bond motifs is 1. The number of carbonyl (C=O) groups excluding carboxylic acids is 1. The van der Waals surface area contributed by atoms with Crippen LogP contribution in [0.1, 0.15) is 12.5 Å². The Morgan fingerprint density at radius 1 is 1.09 bits per heavy atom. The predicted octanol–water partition coefficient (Wildman–Crippen LogP) is 0.805. The molecule has 0 fully saturated rings. The van der Waals surface area contributed by atoms with E-state index in [9.17, 15) is 26.7 Å². The average Bonchev–Trinajstić information content (AvgIpc) is 3.26. The zero-order chi connectivity index (χ0) is 25.8. The van der Waals surface area contributed by atoms with E-state index in [1.165, 1.54) is 32.2 Å². The molecule has 35 heavy (non-hydrogen) atoms. The van der Waals surface area contributed by atoms with Crippen LogP contribution in [0, 0.1) is 5.92 Å². The molecule has 0 radical (unpaired) electrons. The van der Waals surface area contributed by atoms with Gasteiger partial charge in [0, 0.05) is 31.8 Å². The van der Waals surface area contributed by atoms with Crippen molar-refractivity contribution in [2.75, 3.05) is 32.4 Å². The molecule has 2 N–H and O–H groups in total. The second-order valence-electron chi connectivity index (χ2n) is 8.67. The Kier molecular flexibility index (Phi) is 8.42. The van der Waals surface area contributed by atoms with E-state index in [0.717, 1.165) is 16.1 Å². The summed E-state index contributed by atoms with van der Waals surface area (Å²) in [7, 11) is -6.04. The zero-order valence-electron chi connectivity index (χ0n) is 19.7. The van der Waals surface area contributed by atoms with Crippen LogP contribution >= 0.6 is 0 Å². The highest BCUT2D eigenvalue weighted by Gasteiger charge is 2.31. The van der Waals surface area contributed by atoms with Crippen molar-refractivity contribution in [3.8, 4) is 11.5 Å². The third-order valence-corrected chi connectivity index (χ3v) is 8.51. The van der Waals surface area contributed by atoms with Gasteiger partial charge in [0.05, 0.1) is 22.8 Å². The third kappa shape index (κ3) is 7.17. The molecule has 0 saturated carbocycles. The maximum absolute atomic E-state index is 13.1. The van der Waals surface area contributed by atoms with E-state index >= 15 is 0 Å². The molecule has 3 rings (SSSR count). The number of rotatable bonds is 11. The van der Waals surface area contributed by atoms with Gasteiger partial charge in [-0.05, 0) is 24.1 Å². The minimum absolute atomic E-state index is 0.00596. The molecule has 0 spiro atoms. The standard InChI is InChI=1S/C23H30N2O8S2/c1-16(14-34(3,28)29)23(27)24-19(11-17-7-5-4-6-8-17)20(26)13-25(2)35(30,31)18-9-10-21-22(12-18)33-15-32-21/h4-10,12,16,19-20,26H,11,13-15H2,1-3H3,(H,24,27)/t16-,19+,20-/m1/s1. The minimum Gasteiger partial charge on any atom is -0.454 e. The summed E-state index contributed by atoms with van der Waals surface area (Å²) < 4.78 is 60.9. The monoisotopic (exact) mass is 526 g/mol. The molecule has 2 aromatic rings. The van der Waals surface area contributed by atoms with Crippen LogP contribution in [0.15, 0.2) is 53.4 Å². The van der Waals surface area contributed by atoms with Gasteiger partial charge in [0.1, 0.15) is 9.84 Å². The van der Waals surface area contributed by atoms with Gasteiger partial charge >= 0.3 is 0 Å². The topological polar surface area (TPSA) is 139 Å². The molecule has 0 saturated heterocycles. The second-order valence-corrected chi connectivity index (χ2v) is 12.9. The fourth-order valence-electron chi connectivity index (χ4n) is 3.71. The van der Waals surface area contributed by atoms with Gasteiger partial charge in [-0.3, -0.25) is 4.79 Å². The second kappa shape index (κ2) is 10.9. The SMILES string of the molecule is C[C@H](CS(C)(=O)=O)C(=O)N[C@@H](Cc1ccccc1)[C@H](O)CN(C)S(=O)(=O)c1ccc2c(c1)OCO2.